The van der Waals surface area contributed by atoms with Gasteiger partial charge in [0.1, 0.15) is 4.90 Å². The molecule has 1 unspecified atom stereocenters. The predicted octanol–water partition coefficient (Wildman–Crippen LogP) is 3.18. The molecule has 1 amide bonds. The van der Waals surface area contributed by atoms with Crippen LogP contribution in [0.2, 0.25) is 0 Å². The van der Waals surface area contributed by atoms with Gasteiger partial charge < -0.3 is 11.1 Å². The number of hydrogen-bond donors (Lipinski definition) is 2. The number of unbranched alkanes of at least 4 members (excludes halogenated alkanes) is 1. The van der Waals surface area contributed by atoms with Crippen LogP contribution in [0.25, 0.3) is 0 Å². The summed E-state index contributed by atoms with van der Waals surface area (Å²) in [7, 11) is -2.41. The molecule has 0 aliphatic carbocycles. The van der Waals surface area contributed by atoms with E-state index in [9.17, 15) is 13.2 Å². The quantitative estimate of drug-likeness (QED) is 0.645. The molecule has 6 nitrogen and oxygen atoms in total. The topological polar surface area (TPSA) is 92.5 Å². The van der Waals surface area contributed by atoms with E-state index in [-0.39, 0.29) is 28.9 Å². The van der Waals surface area contributed by atoms with Crippen LogP contribution in [0.5, 0.6) is 0 Å². The number of amides is 1. The van der Waals surface area contributed by atoms with E-state index in [2.05, 4.69) is 12.2 Å². The highest BCUT2D eigenvalue weighted by Crippen LogP contribution is 2.24. The van der Waals surface area contributed by atoms with Crippen molar-refractivity contribution < 1.29 is 13.2 Å². The Balaban J connectivity index is 0.00000392. The fourth-order valence-electron chi connectivity index (χ4n) is 2.77. The first-order valence-corrected chi connectivity index (χ1v) is 10.5. The number of benzene rings is 2. The summed E-state index contributed by atoms with van der Waals surface area (Å²) in [6.07, 6.45) is 2.70. The van der Waals surface area contributed by atoms with Gasteiger partial charge in [-0.3, -0.25) is 9.10 Å². The van der Waals surface area contributed by atoms with Crippen molar-refractivity contribution in [1.82, 2.24) is 5.32 Å². The molecule has 28 heavy (non-hydrogen) atoms. The molecule has 2 aromatic rings. The van der Waals surface area contributed by atoms with Crippen LogP contribution in [0.4, 0.5) is 5.69 Å². The zero-order chi connectivity index (χ0) is 19.9. The maximum atomic E-state index is 13.1. The Bertz CT molecular complexity index is 860. The zero-order valence-electron chi connectivity index (χ0n) is 16.2. The second-order valence-corrected chi connectivity index (χ2v) is 8.29. The third-order valence-corrected chi connectivity index (χ3v) is 6.26. The van der Waals surface area contributed by atoms with Gasteiger partial charge in [-0.1, -0.05) is 50.1 Å². The molecule has 0 bridgehead atoms. The Hall–Kier alpha value is -2.09. The van der Waals surface area contributed by atoms with Gasteiger partial charge >= 0.3 is 0 Å². The zero-order valence-corrected chi connectivity index (χ0v) is 17.8. The lowest BCUT2D eigenvalue weighted by atomic mass is 10.1. The van der Waals surface area contributed by atoms with E-state index in [0.717, 1.165) is 19.3 Å². The second kappa shape index (κ2) is 11.0. The Kier molecular flexibility index (Phi) is 9.45. The maximum absolute atomic E-state index is 13.1. The van der Waals surface area contributed by atoms with E-state index in [1.807, 2.05) is 6.07 Å². The first-order valence-electron chi connectivity index (χ1n) is 9.05. The molecule has 0 aliphatic heterocycles. The van der Waals surface area contributed by atoms with Gasteiger partial charge in [0, 0.05) is 19.6 Å². The van der Waals surface area contributed by atoms with E-state index < -0.39 is 15.9 Å². The fraction of sp³-hybridized carbons (Fsp3) is 0.350. The molecular weight excluding hydrogens is 398 g/mol. The number of halogens is 1. The van der Waals surface area contributed by atoms with Gasteiger partial charge in [0.15, 0.2) is 0 Å². The third kappa shape index (κ3) is 5.70. The summed E-state index contributed by atoms with van der Waals surface area (Å²) in [6, 6.07) is 14.8. The third-order valence-electron chi connectivity index (χ3n) is 4.42. The van der Waals surface area contributed by atoms with Crippen LogP contribution in [0.1, 0.15) is 36.5 Å². The van der Waals surface area contributed by atoms with Crippen molar-refractivity contribution in [3.8, 4) is 0 Å². The van der Waals surface area contributed by atoms with Gasteiger partial charge in [0.2, 0.25) is 0 Å². The summed E-state index contributed by atoms with van der Waals surface area (Å²) in [6.45, 7) is 2.38. The molecule has 1 atom stereocenters. The Labute approximate surface area is 173 Å². The molecule has 0 saturated heterocycles. The summed E-state index contributed by atoms with van der Waals surface area (Å²) in [5, 5.41) is 2.86. The number of carbonyl (C=O) groups is 1. The average Bonchev–Trinajstić information content (AvgIpc) is 2.70. The Morgan fingerprint density at radius 3 is 2.32 bits per heavy atom. The molecule has 0 radical (unpaired) electrons. The number of nitrogens with zero attached hydrogens (tertiary/aromatic N) is 1. The van der Waals surface area contributed by atoms with Crippen molar-refractivity contribution in [2.45, 2.75) is 37.1 Å². The first-order chi connectivity index (χ1) is 12.9. The predicted molar refractivity (Wildman–Crippen MR) is 116 cm³/mol. The highest BCUT2D eigenvalue weighted by atomic mass is 35.5. The molecule has 8 heteroatoms. The minimum absolute atomic E-state index is 0. The molecule has 2 aromatic carbocycles. The van der Waals surface area contributed by atoms with Crippen molar-refractivity contribution in [3.05, 3.63) is 60.2 Å². The van der Waals surface area contributed by atoms with Crippen LogP contribution >= 0.6 is 12.4 Å². The van der Waals surface area contributed by atoms with Crippen molar-refractivity contribution in [1.29, 1.82) is 0 Å². The minimum atomic E-state index is -3.89. The van der Waals surface area contributed by atoms with Gasteiger partial charge in [-0.2, -0.15) is 0 Å². The molecule has 154 valence electrons. The molecule has 0 aromatic heterocycles. The maximum Gasteiger partial charge on any atom is 0.264 e. The van der Waals surface area contributed by atoms with E-state index in [4.69, 9.17) is 5.73 Å². The lowest BCUT2D eigenvalue weighted by Crippen LogP contribution is -2.41. The standard InChI is InChI=1S/C20H27N3O3S.ClH/c1-3-4-10-16(15-21)22-20(24)18-13-8-9-14-19(18)27(25,26)23(2)17-11-6-5-7-12-17;/h5-9,11-14,16H,3-4,10,15,21H2,1-2H3,(H,22,24);1H. The number of sulfonamides is 1. The number of nitrogens with two attached hydrogens (primary N) is 1. The van der Waals surface area contributed by atoms with Crippen LogP contribution in [-0.2, 0) is 10.0 Å². The van der Waals surface area contributed by atoms with Crippen LogP contribution < -0.4 is 15.4 Å². The highest BCUT2D eigenvalue weighted by Gasteiger charge is 2.27. The van der Waals surface area contributed by atoms with Crippen molar-refractivity contribution in [3.63, 3.8) is 0 Å². The van der Waals surface area contributed by atoms with Gasteiger partial charge in [-0.05, 0) is 30.7 Å². The second-order valence-electron chi connectivity index (χ2n) is 6.35. The first kappa shape index (κ1) is 23.9. The molecule has 0 spiro atoms. The Morgan fingerprint density at radius 1 is 1.11 bits per heavy atom. The van der Waals surface area contributed by atoms with Crippen molar-refractivity contribution in [2.24, 2.45) is 5.73 Å². The monoisotopic (exact) mass is 425 g/mol. The van der Waals surface area contributed by atoms with Crippen LogP contribution in [0.3, 0.4) is 0 Å². The van der Waals surface area contributed by atoms with Crippen molar-refractivity contribution in [2.75, 3.05) is 17.9 Å². The van der Waals surface area contributed by atoms with E-state index in [0.29, 0.717) is 12.2 Å². The highest BCUT2D eigenvalue weighted by molar-refractivity contribution is 7.92. The number of para-hydroxylation sites is 1. The Morgan fingerprint density at radius 2 is 1.71 bits per heavy atom. The number of rotatable bonds is 9. The number of hydrogen-bond acceptors (Lipinski definition) is 4. The molecule has 0 heterocycles. The van der Waals surface area contributed by atoms with Crippen LogP contribution in [0, 0.1) is 0 Å². The molecular formula is C20H28ClN3O3S. The number of carbonyl (C=O) groups excluding carboxylic acids is 1. The van der Waals surface area contributed by atoms with E-state index in [1.54, 1.807) is 36.4 Å². The van der Waals surface area contributed by atoms with Gasteiger partial charge in [0.05, 0.1) is 11.3 Å². The average molecular weight is 426 g/mol. The van der Waals surface area contributed by atoms with Gasteiger partial charge in [0.25, 0.3) is 15.9 Å². The molecule has 2 rings (SSSR count). The summed E-state index contributed by atoms with van der Waals surface area (Å²) in [4.78, 5) is 12.7. The molecule has 0 fully saturated rings. The van der Waals surface area contributed by atoms with Crippen LogP contribution in [0.15, 0.2) is 59.5 Å². The van der Waals surface area contributed by atoms with Gasteiger partial charge in [-0.15, -0.1) is 12.4 Å². The molecule has 0 saturated carbocycles. The largest absolute Gasteiger partial charge is 0.348 e. The van der Waals surface area contributed by atoms with Gasteiger partial charge in [-0.25, -0.2) is 8.42 Å². The lowest BCUT2D eigenvalue weighted by Gasteiger charge is -2.22. The molecule has 3 N–H and O–H groups in total. The number of nitrogens with one attached hydrogen (secondary N) is 1. The van der Waals surface area contributed by atoms with E-state index >= 15 is 0 Å². The van der Waals surface area contributed by atoms with Crippen LogP contribution in [-0.4, -0.2) is 34.0 Å². The molecule has 0 aliphatic rings. The van der Waals surface area contributed by atoms with E-state index in [1.165, 1.54) is 23.5 Å². The van der Waals surface area contributed by atoms with Crippen molar-refractivity contribution >= 4 is 34.0 Å². The lowest BCUT2D eigenvalue weighted by molar-refractivity contribution is 0.0932. The summed E-state index contributed by atoms with van der Waals surface area (Å²) in [5.74, 6) is -0.429. The summed E-state index contributed by atoms with van der Waals surface area (Å²) < 4.78 is 27.4. The summed E-state index contributed by atoms with van der Waals surface area (Å²) >= 11 is 0. The SMILES string of the molecule is CCCCC(CN)NC(=O)c1ccccc1S(=O)(=O)N(C)c1ccccc1.Cl. The summed E-state index contributed by atoms with van der Waals surface area (Å²) in [5.41, 5.74) is 6.39. The number of anilines is 1. The normalized spacial score (nSPS) is 12.0. The minimum Gasteiger partial charge on any atom is -0.348 e. The fourth-order valence-corrected chi connectivity index (χ4v) is 4.15. The smallest absolute Gasteiger partial charge is 0.264 e.